The molecule has 0 spiro atoms. The van der Waals surface area contributed by atoms with Crippen LogP contribution in [0.25, 0.3) is 10.9 Å². The van der Waals surface area contributed by atoms with Crippen LogP contribution in [-0.2, 0) is 13.1 Å². The number of amides is 1. The first-order chi connectivity index (χ1) is 12.7. The van der Waals surface area contributed by atoms with Crippen LogP contribution in [0.15, 0.2) is 66.2 Å². The van der Waals surface area contributed by atoms with Gasteiger partial charge in [-0.2, -0.15) is 5.10 Å². The molecule has 0 fully saturated rings. The van der Waals surface area contributed by atoms with Gasteiger partial charge in [0.2, 0.25) is 0 Å². The quantitative estimate of drug-likeness (QED) is 0.573. The zero-order chi connectivity index (χ0) is 17.9. The predicted molar refractivity (Wildman–Crippen MR) is 106 cm³/mol. The van der Waals surface area contributed by atoms with E-state index >= 15 is 0 Å². The second kappa shape index (κ2) is 7.14. The molecule has 0 atom stereocenters. The zero-order valence-electron chi connectivity index (χ0n) is 14.5. The van der Waals surface area contributed by atoms with Crippen molar-refractivity contribution >= 4 is 28.1 Å². The Morgan fingerprint density at radius 2 is 2.00 bits per heavy atom. The van der Waals surface area contributed by atoms with Gasteiger partial charge in [-0.25, -0.2) is 0 Å². The standard InChI is InChI=1S/C21H19N3OS/c1-15-4-6-16(7-5-15)14-24-20-11-17(8-9-18(20)12-23-24)21(25)22-13-19-3-2-10-26-19/h2-12H,13-14H2,1H3,(H,22,25). The van der Waals surface area contributed by atoms with Crippen molar-refractivity contribution in [2.45, 2.75) is 20.0 Å². The number of nitrogens with one attached hydrogen (secondary N) is 1. The van der Waals surface area contributed by atoms with Crippen molar-refractivity contribution in [3.63, 3.8) is 0 Å². The van der Waals surface area contributed by atoms with Crippen molar-refractivity contribution < 1.29 is 4.79 Å². The highest BCUT2D eigenvalue weighted by atomic mass is 32.1. The fourth-order valence-corrected chi connectivity index (χ4v) is 3.53. The summed E-state index contributed by atoms with van der Waals surface area (Å²) in [5.74, 6) is -0.0663. The number of nitrogens with zero attached hydrogens (tertiary/aromatic N) is 2. The number of hydrogen-bond donors (Lipinski definition) is 1. The number of fused-ring (bicyclic) bond motifs is 1. The third-order valence-electron chi connectivity index (χ3n) is 4.36. The Balaban J connectivity index is 1.55. The lowest BCUT2D eigenvalue weighted by atomic mass is 10.1. The molecule has 2 aromatic carbocycles. The number of aromatic nitrogens is 2. The van der Waals surface area contributed by atoms with E-state index in [1.165, 1.54) is 11.1 Å². The molecule has 4 nitrogen and oxygen atoms in total. The van der Waals surface area contributed by atoms with Crippen LogP contribution in [0.5, 0.6) is 0 Å². The zero-order valence-corrected chi connectivity index (χ0v) is 15.3. The Kier molecular flexibility index (Phi) is 4.54. The SMILES string of the molecule is Cc1ccc(Cn2ncc3ccc(C(=O)NCc4cccs4)cc32)cc1. The predicted octanol–water partition coefficient (Wildman–Crippen LogP) is 4.38. The van der Waals surface area contributed by atoms with E-state index in [-0.39, 0.29) is 5.91 Å². The Bertz CT molecular complexity index is 1030. The van der Waals surface area contributed by atoms with Crippen LogP contribution in [0.4, 0.5) is 0 Å². The summed E-state index contributed by atoms with van der Waals surface area (Å²) in [7, 11) is 0. The van der Waals surface area contributed by atoms with Crippen LogP contribution < -0.4 is 5.32 Å². The van der Waals surface area contributed by atoms with Gasteiger partial charge in [0.1, 0.15) is 0 Å². The van der Waals surface area contributed by atoms with Gasteiger partial charge >= 0.3 is 0 Å². The van der Waals surface area contributed by atoms with Gasteiger partial charge in [-0.05, 0) is 36.1 Å². The van der Waals surface area contributed by atoms with Crippen molar-refractivity contribution in [1.29, 1.82) is 0 Å². The minimum Gasteiger partial charge on any atom is -0.347 e. The van der Waals surface area contributed by atoms with Gasteiger partial charge in [-0.3, -0.25) is 9.48 Å². The van der Waals surface area contributed by atoms with Crippen molar-refractivity contribution in [1.82, 2.24) is 15.1 Å². The maximum Gasteiger partial charge on any atom is 0.251 e. The largest absolute Gasteiger partial charge is 0.347 e. The third kappa shape index (κ3) is 3.53. The minimum atomic E-state index is -0.0663. The second-order valence-corrected chi connectivity index (χ2v) is 7.36. The average Bonchev–Trinajstić information content (AvgIpc) is 3.31. The van der Waals surface area contributed by atoms with Crippen LogP contribution >= 0.6 is 11.3 Å². The molecule has 1 amide bonds. The summed E-state index contributed by atoms with van der Waals surface area (Å²) >= 11 is 1.64. The van der Waals surface area contributed by atoms with E-state index in [4.69, 9.17) is 0 Å². The highest BCUT2D eigenvalue weighted by Crippen LogP contribution is 2.18. The number of hydrogen-bond acceptors (Lipinski definition) is 3. The number of carbonyl (C=O) groups excluding carboxylic acids is 1. The summed E-state index contributed by atoms with van der Waals surface area (Å²) in [4.78, 5) is 13.6. The van der Waals surface area contributed by atoms with E-state index in [9.17, 15) is 4.79 Å². The summed E-state index contributed by atoms with van der Waals surface area (Å²) < 4.78 is 1.94. The van der Waals surface area contributed by atoms with Crippen LogP contribution in [-0.4, -0.2) is 15.7 Å². The molecule has 0 saturated heterocycles. The fraction of sp³-hybridized carbons (Fsp3) is 0.143. The third-order valence-corrected chi connectivity index (χ3v) is 5.24. The Morgan fingerprint density at radius 1 is 1.15 bits per heavy atom. The molecule has 4 aromatic rings. The first-order valence-corrected chi connectivity index (χ1v) is 9.39. The number of rotatable bonds is 5. The van der Waals surface area contributed by atoms with E-state index in [1.807, 2.05) is 46.6 Å². The van der Waals surface area contributed by atoms with Gasteiger partial charge in [0.05, 0.1) is 24.8 Å². The van der Waals surface area contributed by atoms with E-state index in [0.717, 1.165) is 15.8 Å². The topological polar surface area (TPSA) is 46.9 Å². The molecule has 0 radical (unpaired) electrons. The van der Waals surface area contributed by atoms with E-state index in [0.29, 0.717) is 18.7 Å². The van der Waals surface area contributed by atoms with Gasteiger partial charge in [0.25, 0.3) is 5.91 Å². The van der Waals surface area contributed by atoms with Gasteiger partial charge in [-0.15, -0.1) is 11.3 Å². The molecular weight excluding hydrogens is 342 g/mol. The number of aryl methyl sites for hydroxylation is 1. The fourth-order valence-electron chi connectivity index (χ4n) is 2.89. The molecule has 0 aliphatic rings. The molecule has 2 aromatic heterocycles. The summed E-state index contributed by atoms with van der Waals surface area (Å²) in [6.45, 7) is 3.31. The van der Waals surface area contributed by atoms with Gasteiger partial charge in [-0.1, -0.05) is 42.0 Å². The molecule has 4 rings (SSSR count). The van der Waals surface area contributed by atoms with Crippen molar-refractivity contribution in [2.75, 3.05) is 0 Å². The lowest BCUT2D eigenvalue weighted by molar-refractivity contribution is 0.0951. The summed E-state index contributed by atoms with van der Waals surface area (Å²) in [5.41, 5.74) is 4.05. The van der Waals surface area contributed by atoms with Crippen molar-refractivity contribution in [3.05, 3.63) is 87.7 Å². The van der Waals surface area contributed by atoms with Crippen molar-refractivity contribution in [3.8, 4) is 0 Å². The molecule has 0 bridgehead atoms. The van der Waals surface area contributed by atoms with Crippen molar-refractivity contribution in [2.24, 2.45) is 0 Å². The van der Waals surface area contributed by atoms with Crippen LogP contribution in [0.1, 0.15) is 26.4 Å². The Labute approximate surface area is 156 Å². The average molecular weight is 361 g/mol. The summed E-state index contributed by atoms with van der Waals surface area (Å²) in [6.07, 6.45) is 1.84. The monoisotopic (exact) mass is 361 g/mol. The molecule has 0 unspecified atom stereocenters. The molecule has 1 N–H and O–H groups in total. The number of benzene rings is 2. The number of carbonyl (C=O) groups is 1. The first kappa shape index (κ1) is 16.5. The highest BCUT2D eigenvalue weighted by Gasteiger charge is 2.10. The minimum absolute atomic E-state index is 0.0663. The van der Waals surface area contributed by atoms with Gasteiger partial charge < -0.3 is 5.32 Å². The van der Waals surface area contributed by atoms with E-state index in [2.05, 4.69) is 41.6 Å². The normalized spacial score (nSPS) is 11.0. The molecule has 0 aliphatic carbocycles. The molecule has 2 heterocycles. The molecular formula is C21H19N3OS. The Morgan fingerprint density at radius 3 is 2.77 bits per heavy atom. The van der Waals surface area contributed by atoms with Crippen LogP contribution in [0.2, 0.25) is 0 Å². The Hall–Kier alpha value is -2.92. The smallest absolute Gasteiger partial charge is 0.251 e. The van der Waals surface area contributed by atoms with E-state index < -0.39 is 0 Å². The van der Waals surface area contributed by atoms with Gasteiger partial charge in [0.15, 0.2) is 0 Å². The molecule has 0 saturated carbocycles. The highest BCUT2D eigenvalue weighted by molar-refractivity contribution is 7.09. The molecule has 130 valence electrons. The molecule has 5 heteroatoms. The van der Waals surface area contributed by atoms with Crippen LogP contribution in [0, 0.1) is 6.92 Å². The lowest BCUT2D eigenvalue weighted by Crippen LogP contribution is -2.22. The molecule has 0 aliphatic heterocycles. The maximum absolute atomic E-state index is 12.5. The number of thiophene rings is 1. The van der Waals surface area contributed by atoms with E-state index in [1.54, 1.807) is 11.3 Å². The summed E-state index contributed by atoms with van der Waals surface area (Å²) in [6, 6.07) is 18.2. The van der Waals surface area contributed by atoms with Crippen LogP contribution in [0.3, 0.4) is 0 Å². The lowest BCUT2D eigenvalue weighted by Gasteiger charge is -2.07. The molecule has 26 heavy (non-hydrogen) atoms. The first-order valence-electron chi connectivity index (χ1n) is 8.51. The maximum atomic E-state index is 12.5. The second-order valence-electron chi connectivity index (χ2n) is 6.32. The van der Waals surface area contributed by atoms with Gasteiger partial charge in [0, 0.05) is 15.8 Å². The summed E-state index contributed by atoms with van der Waals surface area (Å²) in [5, 5.41) is 10.5.